The van der Waals surface area contributed by atoms with Gasteiger partial charge < -0.3 is 16.0 Å². The molecule has 0 saturated heterocycles. The van der Waals surface area contributed by atoms with Crippen LogP contribution in [0.3, 0.4) is 0 Å². The molecule has 0 spiro atoms. The van der Waals surface area contributed by atoms with Crippen LogP contribution in [0.4, 0.5) is 30.2 Å². The summed E-state index contributed by atoms with van der Waals surface area (Å²) in [6, 6.07) is 11.4. The van der Waals surface area contributed by atoms with Crippen molar-refractivity contribution in [2.45, 2.75) is 19.5 Å². The molecule has 0 unspecified atom stereocenters. The molecular weight excluding hydrogens is 347 g/mol. The van der Waals surface area contributed by atoms with E-state index in [0.29, 0.717) is 11.4 Å². The van der Waals surface area contributed by atoms with Gasteiger partial charge in [0.05, 0.1) is 5.56 Å². The quantitative estimate of drug-likeness (QED) is 0.722. The Bertz CT molecular complexity index is 791. The predicted molar refractivity (Wildman–Crippen MR) is 93.9 cm³/mol. The number of alkyl halides is 3. The van der Waals surface area contributed by atoms with Crippen molar-refractivity contribution in [3.63, 3.8) is 0 Å². The molecule has 138 valence electrons. The van der Waals surface area contributed by atoms with Crippen molar-refractivity contribution >= 4 is 28.9 Å². The average Bonchev–Trinajstić information content (AvgIpc) is 2.54. The second-order valence-electron chi connectivity index (χ2n) is 5.57. The number of halogens is 3. The van der Waals surface area contributed by atoms with E-state index in [1.807, 2.05) is 0 Å². The summed E-state index contributed by atoms with van der Waals surface area (Å²) in [5, 5.41) is 8.11. The van der Waals surface area contributed by atoms with Crippen molar-refractivity contribution in [1.82, 2.24) is 0 Å². The third kappa shape index (κ3) is 6.12. The molecule has 8 heteroatoms. The number of anilines is 3. The van der Waals surface area contributed by atoms with Gasteiger partial charge in [-0.1, -0.05) is 12.1 Å². The van der Waals surface area contributed by atoms with E-state index in [4.69, 9.17) is 0 Å². The molecule has 0 fully saturated rings. The highest BCUT2D eigenvalue weighted by molar-refractivity contribution is 5.91. The van der Waals surface area contributed by atoms with Gasteiger partial charge in [0.2, 0.25) is 11.8 Å². The summed E-state index contributed by atoms with van der Waals surface area (Å²) < 4.78 is 38.0. The highest BCUT2D eigenvalue weighted by Crippen LogP contribution is 2.30. The smallest absolute Gasteiger partial charge is 0.384 e. The molecule has 2 rings (SSSR count). The van der Waals surface area contributed by atoms with Crippen molar-refractivity contribution in [2.24, 2.45) is 0 Å². The maximum Gasteiger partial charge on any atom is 0.416 e. The van der Waals surface area contributed by atoms with Gasteiger partial charge in [-0.2, -0.15) is 13.2 Å². The normalized spacial score (nSPS) is 10.9. The van der Waals surface area contributed by atoms with Gasteiger partial charge in [0, 0.05) is 37.0 Å². The number of hydrogen-bond donors (Lipinski definition) is 3. The Morgan fingerprint density at radius 3 is 2.19 bits per heavy atom. The van der Waals surface area contributed by atoms with Gasteiger partial charge in [-0.05, 0) is 36.4 Å². The monoisotopic (exact) mass is 365 g/mol. The van der Waals surface area contributed by atoms with Gasteiger partial charge in [-0.25, -0.2) is 0 Å². The lowest BCUT2D eigenvalue weighted by molar-refractivity contribution is -0.137. The number of carbonyl (C=O) groups is 2. The number of hydrogen-bond acceptors (Lipinski definition) is 3. The Hall–Kier alpha value is -3.03. The average molecular weight is 365 g/mol. The van der Waals surface area contributed by atoms with Crippen LogP contribution < -0.4 is 16.0 Å². The van der Waals surface area contributed by atoms with Crippen LogP contribution in [0.1, 0.15) is 18.9 Å². The van der Waals surface area contributed by atoms with Crippen molar-refractivity contribution < 1.29 is 22.8 Å². The lowest BCUT2D eigenvalue weighted by Crippen LogP contribution is -2.17. The standard InChI is InChI=1S/C18H18F3N3O2/c1-12(25)23-16-7-3-5-14(11-16)22-9-8-17(26)24-15-6-2-4-13(10-15)18(19,20)21/h2-7,10-11,22H,8-9H2,1H3,(H,23,25)(H,24,26). The van der Waals surface area contributed by atoms with Crippen LogP contribution in [0.2, 0.25) is 0 Å². The van der Waals surface area contributed by atoms with Crippen LogP contribution in [0.25, 0.3) is 0 Å². The van der Waals surface area contributed by atoms with Gasteiger partial charge in [-0.15, -0.1) is 0 Å². The number of amides is 2. The SMILES string of the molecule is CC(=O)Nc1cccc(NCCC(=O)Nc2cccc(C(F)(F)F)c2)c1. The topological polar surface area (TPSA) is 70.2 Å². The molecule has 0 aliphatic rings. The fourth-order valence-electron chi connectivity index (χ4n) is 2.23. The van der Waals surface area contributed by atoms with Crippen molar-refractivity contribution in [3.05, 3.63) is 54.1 Å². The number of benzene rings is 2. The minimum atomic E-state index is -4.46. The van der Waals surface area contributed by atoms with Crippen LogP contribution in [-0.4, -0.2) is 18.4 Å². The first kappa shape index (κ1) is 19.3. The largest absolute Gasteiger partial charge is 0.416 e. The summed E-state index contributed by atoms with van der Waals surface area (Å²) in [6.07, 6.45) is -4.39. The molecule has 0 aliphatic heterocycles. The summed E-state index contributed by atoms with van der Waals surface area (Å²) in [4.78, 5) is 22.9. The van der Waals surface area contributed by atoms with Crippen LogP contribution in [0.5, 0.6) is 0 Å². The van der Waals surface area contributed by atoms with Crippen molar-refractivity contribution in [1.29, 1.82) is 0 Å². The maximum atomic E-state index is 12.7. The van der Waals surface area contributed by atoms with E-state index in [9.17, 15) is 22.8 Å². The molecule has 0 radical (unpaired) electrons. The summed E-state index contributed by atoms with van der Waals surface area (Å²) >= 11 is 0. The summed E-state index contributed by atoms with van der Waals surface area (Å²) in [7, 11) is 0. The molecule has 0 atom stereocenters. The minimum Gasteiger partial charge on any atom is -0.384 e. The van der Waals surface area contributed by atoms with Crippen LogP contribution >= 0.6 is 0 Å². The summed E-state index contributed by atoms with van der Waals surface area (Å²) in [5.74, 6) is -0.600. The molecule has 2 amide bonds. The lowest BCUT2D eigenvalue weighted by atomic mass is 10.2. The Kier molecular flexibility index (Phi) is 6.21. The molecule has 0 bridgehead atoms. The zero-order valence-corrected chi connectivity index (χ0v) is 14.0. The highest BCUT2D eigenvalue weighted by atomic mass is 19.4. The number of carbonyl (C=O) groups excluding carboxylic acids is 2. The fraction of sp³-hybridized carbons (Fsp3) is 0.222. The molecule has 26 heavy (non-hydrogen) atoms. The zero-order valence-electron chi connectivity index (χ0n) is 14.0. The van der Waals surface area contributed by atoms with Gasteiger partial charge in [0.25, 0.3) is 0 Å². The van der Waals surface area contributed by atoms with E-state index in [1.165, 1.54) is 19.1 Å². The Morgan fingerprint density at radius 1 is 0.923 bits per heavy atom. The maximum absolute atomic E-state index is 12.7. The number of nitrogens with one attached hydrogen (secondary N) is 3. The highest BCUT2D eigenvalue weighted by Gasteiger charge is 2.30. The van der Waals surface area contributed by atoms with Gasteiger partial charge in [0.15, 0.2) is 0 Å². The molecule has 3 N–H and O–H groups in total. The van der Waals surface area contributed by atoms with E-state index in [1.54, 1.807) is 24.3 Å². The molecule has 5 nitrogen and oxygen atoms in total. The van der Waals surface area contributed by atoms with Crippen LogP contribution in [0, 0.1) is 0 Å². The molecule has 0 heterocycles. The van der Waals surface area contributed by atoms with Crippen LogP contribution in [-0.2, 0) is 15.8 Å². The van der Waals surface area contributed by atoms with E-state index in [2.05, 4.69) is 16.0 Å². The summed E-state index contributed by atoms with van der Waals surface area (Å²) in [5.41, 5.74) is 0.611. The first-order valence-corrected chi connectivity index (χ1v) is 7.83. The lowest BCUT2D eigenvalue weighted by Gasteiger charge is -2.11. The molecule has 0 aromatic heterocycles. The van der Waals surface area contributed by atoms with Gasteiger partial charge in [0.1, 0.15) is 0 Å². The second-order valence-corrected chi connectivity index (χ2v) is 5.57. The molecule has 2 aromatic rings. The molecule has 0 aliphatic carbocycles. The first-order valence-electron chi connectivity index (χ1n) is 7.83. The zero-order chi connectivity index (χ0) is 19.2. The van der Waals surface area contributed by atoms with Crippen molar-refractivity contribution in [3.8, 4) is 0 Å². The third-order valence-electron chi connectivity index (χ3n) is 3.34. The van der Waals surface area contributed by atoms with Crippen molar-refractivity contribution in [2.75, 3.05) is 22.5 Å². The van der Waals surface area contributed by atoms with E-state index in [0.717, 1.165) is 12.1 Å². The second kappa shape index (κ2) is 8.37. The Morgan fingerprint density at radius 2 is 1.54 bits per heavy atom. The molecule has 0 saturated carbocycles. The van der Waals surface area contributed by atoms with E-state index >= 15 is 0 Å². The molecular formula is C18H18F3N3O2. The summed E-state index contributed by atoms with van der Waals surface area (Å²) in [6.45, 7) is 1.69. The van der Waals surface area contributed by atoms with Crippen LogP contribution in [0.15, 0.2) is 48.5 Å². The first-order chi connectivity index (χ1) is 12.2. The Labute approximate surface area is 148 Å². The molecule has 2 aromatic carbocycles. The number of rotatable bonds is 6. The van der Waals surface area contributed by atoms with E-state index < -0.39 is 17.6 Å². The van der Waals surface area contributed by atoms with E-state index in [-0.39, 0.29) is 24.6 Å². The van der Waals surface area contributed by atoms with Gasteiger partial charge >= 0.3 is 6.18 Å². The fourth-order valence-corrected chi connectivity index (χ4v) is 2.23. The predicted octanol–water partition coefficient (Wildman–Crippen LogP) is 4.10. The minimum absolute atomic E-state index is 0.0700. The Balaban J connectivity index is 1.85. The van der Waals surface area contributed by atoms with Gasteiger partial charge in [-0.3, -0.25) is 9.59 Å². The third-order valence-corrected chi connectivity index (χ3v) is 3.34.